The molecule has 1 aliphatic rings. The van der Waals surface area contributed by atoms with Crippen LogP contribution in [0, 0.1) is 11.3 Å². The van der Waals surface area contributed by atoms with Gasteiger partial charge in [-0.3, -0.25) is 9.88 Å². The highest BCUT2D eigenvalue weighted by molar-refractivity contribution is 5.98. The van der Waals surface area contributed by atoms with Crippen molar-refractivity contribution in [2.24, 2.45) is 0 Å². The molecule has 5 rings (SSSR count). The Bertz CT molecular complexity index is 1500. The smallest absolute Gasteiger partial charge is 0.203 e. The van der Waals surface area contributed by atoms with Crippen molar-refractivity contribution in [2.45, 2.75) is 13.5 Å². The van der Waals surface area contributed by atoms with Crippen molar-refractivity contribution in [1.82, 2.24) is 14.8 Å². The highest BCUT2D eigenvalue weighted by Crippen LogP contribution is 2.41. The number of aromatic nitrogens is 1. The van der Waals surface area contributed by atoms with Gasteiger partial charge in [-0.1, -0.05) is 43.3 Å². The van der Waals surface area contributed by atoms with Crippen LogP contribution in [0.15, 0.2) is 60.8 Å². The van der Waals surface area contributed by atoms with Crippen molar-refractivity contribution in [2.75, 3.05) is 59.4 Å². The summed E-state index contributed by atoms with van der Waals surface area (Å²) in [6.07, 6.45) is 1.60. The molecule has 8 heteroatoms. The van der Waals surface area contributed by atoms with E-state index in [2.05, 4.69) is 69.5 Å². The third-order valence-electron chi connectivity index (χ3n) is 7.53. The summed E-state index contributed by atoms with van der Waals surface area (Å²) in [5, 5.41) is 14.1. The van der Waals surface area contributed by atoms with Crippen LogP contribution < -0.4 is 19.5 Å². The average Bonchev–Trinajstić information content (AvgIpc) is 3.01. The van der Waals surface area contributed by atoms with Gasteiger partial charge in [-0.15, -0.1) is 0 Å². The van der Waals surface area contributed by atoms with Crippen molar-refractivity contribution in [3.63, 3.8) is 0 Å². The summed E-state index contributed by atoms with van der Waals surface area (Å²) in [5.41, 5.74) is 6.14. The van der Waals surface area contributed by atoms with Gasteiger partial charge in [0.15, 0.2) is 11.5 Å². The second-order valence-corrected chi connectivity index (χ2v) is 9.84. The van der Waals surface area contributed by atoms with Gasteiger partial charge in [-0.25, -0.2) is 0 Å². The van der Waals surface area contributed by atoms with Crippen molar-refractivity contribution in [3.05, 3.63) is 71.9 Å². The van der Waals surface area contributed by atoms with Crippen LogP contribution in [-0.4, -0.2) is 68.8 Å². The lowest BCUT2D eigenvalue weighted by molar-refractivity contribution is 0.132. The Morgan fingerprint density at radius 3 is 2.10 bits per heavy atom. The number of likely N-dealkylation sites (N-methyl/N-ethyl adjacent to an activating group) is 1. The maximum atomic E-state index is 9.84. The first kappa shape index (κ1) is 27.3. The van der Waals surface area contributed by atoms with Gasteiger partial charge >= 0.3 is 0 Å². The fourth-order valence-electron chi connectivity index (χ4n) is 5.21. The molecule has 1 aliphatic heterocycles. The molecule has 206 valence electrons. The number of pyridine rings is 1. The molecule has 1 N–H and O–H groups in total. The highest BCUT2D eigenvalue weighted by Gasteiger charge is 2.17. The van der Waals surface area contributed by atoms with Gasteiger partial charge in [0.25, 0.3) is 0 Å². The number of nitriles is 1. The molecule has 0 aliphatic carbocycles. The number of hydrogen-bond donors (Lipinski definition) is 1. The second-order valence-electron chi connectivity index (χ2n) is 9.84. The van der Waals surface area contributed by atoms with Crippen molar-refractivity contribution < 1.29 is 14.2 Å². The van der Waals surface area contributed by atoms with Crippen LogP contribution in [0.4, 0.5) is 11.4 Å². The maximum absolute atomic E-state index is 9.84. The molecule has 4 aromatic rings. The zero-order valence-electron chi connectivity index (χ0n) is 23.5. The number of nitrogens with zero attached hydrogens (tertiary/aromatic N) is 4. The Kier molecular flexibility index (Phi) is 8.34. The van der Waals surface area contributed by atoms with Gasteiger partial charge in [0.05, 0.1) is 38.1 Å². The standard InChI is InChI=1S/C32H35N5O3/c1-5-36-12-14-37(15-13-36)21-22-6-8-23(9-7-22)24-10-11-27-28(16-24)34-20-25(19-33)31(27)35-26-17-29(38-2)32(40-4)30(18-26)39-3/h6-11,16-18,20H,5,12-15,21H2,1-4H3,(H,34,35). The topological polar surface area (TPSA) is 82.9 Å². The van der Waals surface area contributed by atoms with Gasteiger partial charge in [-0.05, 0) is 29.3 Å². The van der Waals surface area contributed by atoms with E-state index in [9.17, 15) is 5.26 Å². The molecule has 1 aromatic heterocycles. The minimum absolute atomic E-state index is 0.443. The Morgan fingerprint density at radius 2 is 1.50 bits per heavy atom. The van der Waals surface area contributed by atoms with Crippen LogP contribution in [0.25, 0.3) is 22.0 Å². The predicted molar refractivity (Wildman–Crippen MR) is 159 cm³/mol. The van der Waals surface area contributed by atoms with Crippen LogP contribution in [0.1, 0.15) is 18.1 Å². The van der Waals surface area contributed by atoms with Gasteiger partial charge < -0.3 is 24.4 Å². The Labute approximate surface area is 235 Å². The molecule has 0 saturated carbocycles. The van der Waals surface area contributed by atoms with Gasteiger partial charge in [0.2, 0.25) is 5.75 Å². The summed E-state index contributed by atoms with van der Waals surface area (Å²) in [6, 6.07) is 20.8. The fourth-order valence-corrected chi connectivity index (χ4v) is 5.21. The third kappa shape index (κ3) is 5.67. The van der Waals surface area contributed by atoms with Crippen LogP contribution in [-0.2, 0) is 6.54 Å². The number of rotatable bonds is 9. The number of anilines is 2. The maximum Gasteiger partial charge on any atom is 0.203 e. The fraction of sp³-hybridized carbons (Fsp3) is 0.312. The van der Waals surface area contributed by atoms with E-state index in [1.165, 1.54) is 5.56 Å². The van der Waals surface area contributed by atoms with Crippen molar-refractivity contribution >= 4 is 22.3 Å². The lowest BCUT2D eigenvalue weighted by Crippen LogP contribution is -2.45. The zero-order valence-corrected chi connectivity index (χ0v) is 23.5. The molecule has 40 heavy (non-hydrogen) atoms. The van der Waals surface area contributed by atoms with E-state index >= 15 is 0 Å². The number of piperazine rings is 1. The molecule has 0 amide bonds. The number of fused-ring (bicyclic) bond motifs is 1. The largest absolute Gasteiger partial charge is 0.493 e. The minimum atomic E-state index is 0.443. The molecule has 0 unspecified atom stereocenters. The number of methoxy groups -OCH3 is 3. The zero-order chi connectivity index (χ0) is 28.1. The first-order chi connectivity index (χ1) is 19.6. The molecule has 0 bridgehead atoms. The van der Waals surface area contributed by atoms with E-state index in [1.54, 1.807) is 27.5 Å². The molecule has 0 atom stereocenters. The van der Waals surface area contributed by atoms with Crippen LogP contribution in [0.3, 0.4) is 0 Å². The van der Waals surface area contributed by atoms with Crippen molar-refractivity contribution in [3.8, 4) is 34.4 Å². The van der Waals surface area contributed by atoms with E-state index in [0.29, 0.717) is 34.2 Å². The summed E-state index contributed by atoms with van der Waals surface area (Å²) in [4.78, 5) is 9.62. The molecule has 2 heterocycles. The first-order valence-corrected chi connectivity index (χ1v) is 13.5. The summed E-state index contributed by atoms with van der Waals surface area (Å²) < 4.78 is 16.4. The number of benzene rings is 3. The third-order valence-corrected chi connectivity index (χ3v) is 7.53. The van der Waals surface area contributed by atoms with E-state index in [0.717, 1.165) is 61.3 Å². The molecule has 8 nitrogen and oxygen atoms in total. The predicted octanol–water partition coefficient (Wildman–Crippen LogP) is 5.68. The lowest BCUT2D eigenvalue weighted by atomic mass is 10.0. The minimum Gasteiger partial charge on any atom is -0.493 e. The molecule has 1 fully saturated rings. The lowest BCUT2D eigenvalue weighted by Gasteiger charge is -2.34. The average molecular weight is 538 g/mol. The van der Waals surface area contributed by atoms with Crippen LogP contribution in [0.5, 0.6) is 17.2 Å². The first-order valence-electron chi connectivity index (χ1n) is 13.5. The van der Waals surface area contributed by atoms with Gasteiger partial charge in [-0.2, -0.15) is 5.26 Å². The van der Waals surface area contributed by atoms with E-state index in [-0.39, 0.29) is 0 Å². The molecule has 0 radical (unpaired) electrons. The summed E-state index contributed by atoms with van der Waals surface area (Å²) in [5.74, 6) is 1.55. The van der Waals surface area contributed by atoms with Gasteiger partial charge in [0.1, 0.15) is 6.07 Å². The van der Waals surface area contributed by atoms with E-state index in [1.807, 2.05) is 18.2 Å². The molecular weight excluding hydrogens is 502 g/mol. The highest BCUT2D eigenvalue weighted by atomic mass is 16.5. The monoisotopic (exact) mass is 537 g/mol. The quantitative estimate of drug-likeness (QED) is 0.292. The Morgan fingerprint density at radius 1 is 0.850 bits per heavy atom. The Balaban J connectivity index is 1.40. The van der Waals surface area contributed by atoms with Crippen LogP contribution >= 0.6 is 0 Å². The van der Waals surface area contributed by atoms with Crippen LogP contribution in [0.2, 0.25) is 0 Å². The number of ether oxygens (including phenoxy) is 3. The number of nitrogens with one attached hydrogen (secondary N) is 1. The summed E-state index contributed by atoms with van der Waals surface area (Å²) >= 11 is 0. The normalized spacial score (nSPS) is 14.1. The molecule has 1 saturated heterocycles. The van der Waals surface area contributed by atoms with Gasteiger partial charge in [0, 0.05) is 62.1 Å². The summed E-state index contributed by atoms with van der Waals surface area (Å²) in [6.45, 7) is 8.84. The SMILES string of the molecule is CCN1CCN(Cc2ccc(-c3ccc4c(Nc5cc(OC)c(OC)c(OC)c5)c(C#N)cnc4c3)cc2)CC1. The molecular formula is C32H35N5O3. The van der Waals surface area contributed by atoms with E-state index in [4.69, 9.17) is 14.2 Å². The Hall–Kier alpha value is -4.32. The molecule has 3 aromatic carbocycles. The summed E-state index contributed by atoms with van der Waals surface area (Å²) in [7, 11) is 4.72. The number of hydrogen-bond acceptors (Lipinski definition) is 8. The van der Waals surface area contributed by atoms with E-state index < -0.39 is 0 Å². The molecule has 0 spiro atoms. The van der Waals surface area contributed by atoms with Crippen molar-refractivity contribution in [1.29, 1.82) is 5.26 Å². The second kappa shape index (κ2) is 12.2.